The van der Waals surface area contributed by atoms with E-state index in [-0.39, 0.29) is 19.0 Å². The Bertz CT molecular complexity index is 965. The van der Waals surface area contributed by atoms with E-state index in [9.17, 15) is 9.18 Å². The summed E-state index contributed by atoms with van der Waals surface area (Å²) in [5.41, 5.74) is 2.15. The van der Waals surface area contributed by atoms with Crippen LogP contribution in [0.1, 0.15) is 40.5 Å². The largest absolute Gasteiger partial charge is 0.487 e. The van der Waals surface area contributed by atoms with Crippen molar-refractivity contribution in [2.24, 2.45) is 0 Å². The number of fused-ring (bicyclic) bond motifs is 1. The van der Waals surface area contributed by atoms with Gasteiger partial charge in [-0.15, -0.1) is 0 Å². The molecule has 1 saturated carbocycles. The summed E-state index contributed by atoms with van der Waals surface area (Å²) in [4.78, 5) is 17.0. The summed E-state index contributed by atoms with van der Waals surface area (Å²) in [6, 6.07) is 7.83. The van der Waals surface area contributed by atoms with Gasteiger partial charge in [-0.05, 0) is 38.0 Å². The van der Waals surface area contributed by atoms with Crippen LogP contribution in [0.5, 0.6) is 5.75 Å². The van der Waals surface area contributed by atoms with E-state index in [4.69, 9.17) is 14.0 Å². The number of ether oxygens (including phenoxy) is 2. The number of rotatable bonds is 6. The first-order valence-corrected chi connectivity index (χ1v) is 8.45. The van der Waals surface area contributed by atoms with Gasteiger partial charge in [-0.2, -0.15) is 0 Å². The molecular weight excluding hydrogens is 339 g/mol. The number of aryl methyl sites for hydroxylation is 1. The van der Waals surface area contributed by atoms with Gasteiger partial charge in [0.25, 0.3) is 5.71 Å². The Morgan fingerprint density at radius 2 is 2.12 bits per heavy atom. The Balaban J connectivity index is 1.46. The van der Waals surface area contributed by atoms with E-state index in [1.165, 1.54) is 12.1 Å². The van der Waals surface area contributed by atoms with Crippen molar-refractivity contribution in [2.75, 3.05) is 13.2 Å². The number of carbonyl (C=O) groups is 1. The van der Waals surface area contributed by atoms with Crippen LogP contribution < -0.4 is 4.74 Å². The molecule has 0 atom stereocenters. The highest BCUT2D eigenvalue weighted by Gasteiger charge is 2.29. The zero-order valence-corrected chi connectivity index (χ0v) is 14.2. The minimum absolute atomic E-state index is 0.0000728. The average molecular weight is 356 g/mol. The van der Waals surface area contributed by atoms with Gasteiger partial charge in [-0.25, -0.2) is 14.2 Å². The molecular formula is C19H17FN2O4. The molecule has 1 aliphatic carbocycles. The summed E-state index contributed by atoms with van der Waals surface area (Å²) in [5.74, 6) is -0.465. The Morgan fingerprint density at radius 1 is 1.31 bits per heavy atom. The van der Waals surface area contributed by atoms with Crippen molar-refractivity contribution in [1.82, 2.24) is 10.1 Å². The lowest BCUT2D eigenvalue weighted by molar-refractivity contribution is 0.0450. The SMILES string of the molecule is Cc1noc2nc(C3CC3)cc(C(=O)OCCOc3ccccc3F)c12. The molecule has 0 bridgehead atoms. The second-order valence-corrected chi connectivity index (χ2v) is 6.23. The molecule has 6 nitrogen and oxygen atoms in total. The van der Waals surface area contributed by atoms with Crippen LogP contribution >= 0.6 is 0 Å². The van der Waals surface area contributed by atoms with E-state index < -0.39 is 11.8 Å². The first-order valence-electron chi connectivity index (χ1n) is 8.45. The summed E-state index contributed by atoms with van der Waals surface area (Å²) in [6.45, 7) is 1.81. The molecule has 0 amide bonds. The molecule has 0 N–H and O–H groups in total. The molecule has 3 aromatic rings. The molecule has 2 heterocycles. The van der Waals surface area contributed by atoms with E-state index in [1.54, 1.807) is 25.1 Å². The van der Waals surface area contributed by atoms with Gasteiger partial charge >= 0.3 is 5.97 Å². The van der Waals surface area contributed by atoms with Crippen LogP contribution in [0, 0.1) is 12.7 Å². The lowest BCUT2D eigenvalue weighted by atomic mass is 10.1. The number of halogens is 1. The molecule has 0 spiro atoms. The lowest BCUT2D eigenvalue weighted by Gasteiger charge is -2.09. The minimum Gasteiger partial charge on any atom is -0.487 e. The molecule has 0 aliphatic heterocycles. The molecule has 134 valence electrons. The van der Waals surface area contributed by atoms with Gasteiger partial charge in [0, 0.05) is 11.6 Å². The Morgan fingerprint density at radius 3 is 2.88 bits per heavy atom. The van der Waals surface area contributed by atoms with Crippen molar-refractivity contribution in [1.29, 1.82) is 0 Å². The summed E-state index contributed by atoms with van der Waals surface area (Å²) in [6.07, 6.45) is 2.10. The maximum Gasteiger partial charge on any atom is 0.339 e. The molecule has 7 heteroatoms. The zero-order chi connectivity index (χ0) is 18.1. The number of nitrogens with zero attached hydrogens (tertiary/aromatic N) is 2. The predicted molar refractivity (Wildman–Crippen MR) is 90.7 cm³/mol. The molecule has 1 fully saturated rings. The maximum atomic E-state index is 13.5. The fraction of sp³-hybridized carbons (Fsp3) is 0.316. The summed E-state index contributed by atoms with van der Waals surface area (Å²) in [5, 5.41) is 4.46. The normalized spacial score (nSPS) is 13.8. The summed E-state index contributed by atoms with van der Waals surface area (Å²) >= 11 is 0. The van der Waals surface area contributed by atoms with Gasteiger partial charge < -0.3 is 14.0 Å². The van der Waals surface area contributed by atoms with Crippen molar-refractivity contribution < 1.29 is 23.2 Å². The molecule has 1 aliphatic rings. The summed E-state index contributed by atoms with van der Waals surface area (Å²) in [7, 11) is 0. The zero-order valence-electron chi connectivity index (χ0n) is 14.2. The minimum atomic E-state index is -0.497. The molecule has 2 aromatic heterocycles. The smallest absolute Gasteiger partial charge is 0.339 e. The number of para-hydroxylation sites is 1. The van der Waals surface area contributed by atoms with Gasteiger partial charge in [-0.1, -0.05) is 17.3 Å². The molecule has 0 unspecified atom stereocenters. The van der Waals surface area contributed by atoms with Gasteiger partial charge in [0.2, 0.25) is 0 Å². The monoisotopic (exact) mass is 356 g/mol. The van der Waals surface area contributed by atoms with E-state index in [0.717, 1.165) is 18.5 Å². The standard InChI is InChI=1S/C19H17FN2O4/c1-11-17-13(10-15(12-6-7-12)21-18(17)26-22-11)19(23)25-9-8-24-16-5-3-2-4-14(16)20/h2-5,10,12H,6-9H2,1H3. The number of hydrogen-bond acceptors (Lipinski definition) is 6. The third-order valence-electron chi connectivity index (χ3n) is 4.26. The van der Waals surface area contributed by atoms with E-state index in [0.29, 0.717) is 28.3 Å². The Labute approximate surface area is 148 Å². The van der Waals surface area contributed by atoms with Crippen LogP contribution in [0.3, 0.4) is 0 Å². The number of esters is 1. The quantitative estimate of drug-likeness (QED) is 0.494. The van der Waals surface area contributed by atoms with Gasteiger partial charge in [0.05, 0.1) is 16.6 Å². The fourth-order valence-corrected chi connectivity index (χ4v) is 2.79. The third-order valence-corrected chi connectivity index (χ3v) is 4.26. The number of aromatic nitrogens is 2. The maximum absolute atomic E-state index is 13.5. The molecule has 1 aromatic carbocycles. The topological polar surface area (TPSA) is 74.5 Å². The molecule has 0 radical (unpaired) electrons. The van der Waals surface area contributed by atoms with Crippen molar-refractivity contribution in [3.05, 3.63) is 53.1 Å². The fourth-order valence-electron chi connectivity index (χ4n) is 2.79. The van der Waals surface area contributed by atoms with E-state index in [1.807, 2.05) is 0 Å². The second kappa shape index (κ2) is 6.74. The number of hydrogen-bond donors (Lipinski definition) is 0. The summed E-state index contributed by atoms with van der Waals surface area (Å²) < 4.78 is 29.3. The Hall–Kier alpha value is -2.96. The highest BCUT2D eigenvalue weighted by Crippen LogP contribution is 2.40. The highest BCUT2D eigenvalue weighted by molar-refractivity contribution is 6.03. The van der Waals surface area contributed by atoms with Crippen molar-refractivity contribution in [3.63, 3.8) is 0 Å². The molecule has 4 rings (SSSR count). The second-order valence-electron chi connectivity index (χ2n) is 6.23. The van der Waals surface area contributed by atoms with Crippen LogP contribution in [0.25, 0.3) is 11.1 Å². The third kappa shape index (κ3) is 3.24. The highest BCUT2D eigenvalue weighted by atomic mass is 19.1. The molecule has 0 saturated heterocycles. The average Bonchev–Trinajstić information content (AvgIpc) is 3.43. The van der Waals surface area contributed by atoms with E-state index in [2.05, 4.69) is 10.1 Å². The van der Waals surface area contributed by atoms with Crippen molar-refractivity contribution in [3.8, 4) is 5.75 Å². The van der Waals surface area contributed by atoms with Crippen LogP contribution in [-0.4, -0.2) is 29.3 Å². The van der Waals surface area contributed by atoms with Gasteiger partial charge in [0.1, 0.15) is 13.2 Å². The van der Waals surface area contributed by atoms with Crippen LogP contribution in [0.15, 0.2) is 34.9 Å². The predicted octanol–water partition coefficient (Wildman–Crippen LogP) is 3.78. The van der Waals surface area contributed by atoms with Crippen LogP contribution in [0.4, 0.5) is 4.39 Å². The number of pyridine rings is 1. The molecule has 26 heavy (non-hydrogen) atoms. The first kappa shape index (κ1) is 16.5. The first-order chi connectivity index (χ1) is 12.6. The van der Waals surface area contributed by atoms with E-state index >= 15 is 0 Å². The van der Waals surface area contributed by atoms with Crippen molar-refractivity contribution in [2.45, 2.75) is 25.7 Å². The number of benzene rings is 1. The Kier molecular flexibility index (Phi) is 4.28. The lowest BCUT2D eigenvalue weighted by Crippen LogP contribution is -2.13. The van der Waals surface area contributed by atoms with Crippen LogP contribution in [-0.2, 0) is 4.74 Å². The van der Waals surface area contributed by atoms with Gasteiger partial charge in [0.15, 0.2) is 11.6 Å². The van der Waals surface area contributed by atoms with Crippen molar-refractivity contribution >= 4 is 17.1 Å². The van der Waals surface area contributed by atoms with Gasteiger partial charge in [-0.3, -0.25) is 0 Å². The number of carbonyl (C=O) groups excluding carboxylic acids is 1. The van der Waals surface area contributed by atoms with Crippen LogP contribution in [0.2, 0.25) is 0 Å².